The van der Waals surface area contributed by atoms with Gasteiger partial charge in [0, 0.05) is 0 Å². The van der Waals surface area contributed by atoms with Crippen LogP contribution in [0.25, 0.3) is 0 Å². The van der Waals surface area contributed by atoms with E-state index in [4.69, 9.17) is 0 Å². The zero-order chi connectivity index (χ0) is 10.8. The van der Waals surface area contributed by atoms with Crippen LogP contribution in [-0.2, 0) is 6.42 Å². The Labute approximate surface area is 83.3 Å². The molecule has 0 saturated heterocycles. The minimum absolute atomic E-state index is 0.317. The Morgan fingerprint density at radius 2 is 1.93 bits per heavy atom. The summed E-state index contributed by atoms with van der Waals surface area (Å²) >= 11 is -0.396. The highest BCUT2D eigenvalue weighted by atomic mass is 32.2. The van der Waals surface area contributed by atoms with Crippen molar-refractivity contribution in [3.8, 4) is 0 Å². The maximum Gasteiger partial charge on any atom is 0.446 e. The zero-order valence-electron chi connectivity index (χ0n) is 7.36. The van der Waals surface area contributed by atoms with Crippen LogP contribution in [0.3, 0.4) is 0 Å². The molecule has 0 aliphatic rings. The first-order chi connectivity index (χ1) is 6.44. The van der Waals surface area contributed by atoms with E-state index in [1.807, 2.05) is 0 Å². The van der Waals surface area contributed by atoms with Gasteiger partial charge in [0.1, 0.15) is 5.82 Å². The number of aryl methyl sites for hydroxylation is 1. The predicted octanol–water partition coefficient (Wildman–Crippen LogP) is 4.00. The molecule has 0 aromatic heterocycles. The van der Waals surface area contributed by atoms with Gasteiger partial charge in [-0.3, -0.25) is 0 Å². The fourth-order valence-electron chi connectivity index (χ4n) is 1.06. The summed E-state index contributed by atoms with van der Waals surface area (Å²) in [6, 6.07) is 3.94. The molecule has 0 radical (unpaired) electrons. The molecule has 14 heavy (non-hydrogen) atoms. The van der Waals surface area contributed by atoms with Crippen molar-refractivity contribution in [3.05, 3.63) is 29.6 Å². The topological polar surface area (TPSA) is 0 Å². The van der Waals surface area contributed by atoms with Crippen molar-refractivity contribution in [2.75, 3.05) is 0 Å². The minimum Gasteiger partial charge on any atom is -0.206 e. The summed E-state index contributed by atoms with van der Waals surface area (Å²) in [6.07, 6.45) is 0.385. The van der Waals surface area contributed by atoms with Crippen LogP contribution in [0.5, 0.6) is 0 Å². The van der Waals surface area contributed by atoms with E-state index in [1.54, 1.807) is 6.92 Å². The van der Waals surface area contributed by atoms with Crippen molar-refractivity contribution < 1.29 is 17.6 Å². The summed E-state index contributed by atoms with van der Waals surface area (Å²) < 4.78 is 49.1. The van der Waals surface area contributed by atoms with Crippen LogP contribution in [0.4, 0.5) is 17.6 Å². The van der Waals surface area contributed by atoms with Gasteiger partial charge in [-0.15, -0.1) is 0 Å². The summed E-state index contributed by atoms with van der Waals surface area (Å²) in [5.41, 5.74) is -4.06. The van der Waals surface area contributed by atoms with Crippen molar-refractivity contribution in [3.63, 3.8) is 0 Å². The van der Waals surface area contributed by atoms with Gasteiger partial charge < -0.3 is 0 Å². The molecular formula is C9H8F4S. The standard InChI is InChI=1S/C9H8F4S/c1-2-6-4-3-5-7(10)8(6)14-9(11,12)13/h3-5H,2H2,1H3. The molecule has 0 saturated carbocycles. The van der Waals surface area contributed by atoms with Crippen LogP contribution in [0.15, 0.2) is 23.1 Å². The second kappa shape index (κ2) is 4.21. The van der Waals surface area contributed by atoms with Crippen LogP contribution in [0, 0.1) is 5.82 Å². The van der Waals surface area contributed by atoms with Gasteiger partial charge in [0.15, 0.2) is 0 Å². The lowest BCUT2D eigenvalue weighted by Crippen LogP contribution is -2.02. The lowest BCUT2D eigenvalue weighted by atomic mass is 10.2. The summed E-state index contributed by atoms with van der Waals surface area (Å²) in [5.74, 6) is -0.813. The molecule has 0 aliphatic carbocycles. The third-order valence-corrected chi connectivity index (χ3v) is 2.54. The Morgan fingerprint density at radius 1 is 1.29 bits per heavy atom. The van der Waals surface area contributed by atoms with Gasteiger partial charge >= 0.3 is 5.51 Å². The number of hydrogen-bond acceptors (Lipinski definition) is 1. The number of halogens is 4. The lowest BCUT2D eigenvalue weighted by molar-refractivity contribution is -0.0329. The SMILES string of the molecule is CCc1cccc(F)c1SC(F)(F)F. The highest BCUT2D eigenvalue weighted by Gasteiger charge is 2.31. The maximum absolute atomic E-state index is 13.0. The smallest absolute Gasteiger partial charge is 0.206 e. The first kappa shape index (κ1) is 11.4. The molecule has 0 atom stereocenters. The quantitative estimate of drug-likeness (QED) is 0.540. The van der Waals surface area contributed by atoms with Crippen molar-refractivity contribution in [2.45, 2.75) is 23.7 Å². The molecular weight excluding hydrogens is 216 g/mol. The first-order valence-electron chi connectivity index (χ1n) is 3.97. The molecule has 1 rings (SSSR count). The van der Waals surface area contributed by atoms with Crippen LogP contribution >= 0.6 is 11.8 Å². The molecule has 0 N–H and O–H groups in total. The van der Waals surface area contributed by atoms with Gasteiger partial charge in [-0.05, 0) is 29.8 Å². The molecule has 78 valence electrons. The molecule has 1 aromatic rings. The summed E-state index contributed by atoms with van der Waals surface area (Å²) in [4.78, 5) is -0.317. The predicted molar refractivity (Wildman–Crippen MR) is 47.7 cm³/mol. The molecule has 0 fully saturated rings. The van der Waals surface area contributed by atoms with Crippen molar-refractivity contribution in [1.82, 2.24) is 0 Å². The maximum atomic E-state index is 13.0. The van der Waals surface area contributed by atoms with Gasteiger partial charge in [-0.25, -0.2) is 4.39 Å². The first-order valence-corrected chi connectivity index (χ1v) is 4.79. The largest absolute Gasteiger partial charge is 0.446 e. The Kier molecular flexibility index (Phi) is 3.42. The normalized spacial score (nSPS) is 11.8. The molecule has 1 aromatic carbocycles. The monoisotopic (exact) mass is 224 g/mol. The van der Waals surface area contributed by atoms with E-state index >= 15 is 0 Å². The highest BCUT2D eigenvalue weighted by Crippen LogP contribution is 2.39. The van der Waals surface area contributed by atoms with Crippen molar-refractivity contribution in [1.29, 1.82) is 0 Å². The molecule has 5 heteroatoms. The van der Waals surface area contributed by atoms with Crippen LogP contribution in [0.2, 0.25) is 0 Å². The van der Waals surface area contributed by atoms with E-state index in [-0.39, 0.29) is 4.90 Å². The van der Waals surface area contributed by atoms with Crippen molar-refractivity contribution >= 4 is 11.8 Å². The average Bonchev–Trinajstić information content (AvgIpc) is 2.06. The number of hydrogen-bond donors (Lipinski definition) is 0. The van der Waals surface area contributed by atoms with Gasteiger partial charge in [0.05, 0.1) is 4.90 Å². The second-order valence-electron chi connectivity index (χ2n) is 2.63. The van der Waals surface area contributed by atoms with Gasteiger partial charge in [0.25, 0.3) is 0 Å². The molecule has 0 unspecified atom stereocenters. The molecule has 0 amide bonds. The highest BCUT2D eigenvalue weighted by molar-refractivity contribution is 8.00. The van der Waals surface area contributed by atoms with E-state index in [1.165, 1.54) is 12.1 Å². The third-order valence-electron chi connectivity index (χ3n) is 1.65. The number of alkyl halides is 3. The number of thioether (sulfide) groups is 1. The van der Waals surface area contributed by atoms with Crippen molar-refractivity contribution in [2.24, 2.45) is 0 Å². The van der Waals surface area contributed by atoms with E-state index in [0.29, 0.717) is 12.0 Å². The molecule has 0 bridgehead atoms. The Morgan fingerprint density at radius 3 is 2.43 bits per heavy atom. The van der Waals surface area contributed by atoms with Gasteiger partial charge in [-0.1, -0.05) is 19.1 Å². The Bertz CT molecular complexity index is 319. The van der Waals surface area contributed by atoms with E-state index in [2.05, 4.69) is 0 Å². The third kappa shape index (κ3) is 2.90. The Balaban J connectivity index is 3.05. The average molecular weight is 224 g/mol. The van der Waals surface area contributed by atoms with Gasteiger partial charge in [0.2, 0.25) is 0 Å². The van der Waals surface area contributed by atoms with Gasteiger partial charge in [-0.2, -0.15) is 13.2 Å². The number of rotatable bonds is 2. The second-order valence-corrected chi connectivity index (χ2v) is 3.70. The van der Waals surface area contributed by atoms with Crippen LogP contribution in [-0.4, -0.2) is 5.51 Å². The van der Waals surface area contributed by atoms with E-state index in [0.717, 1.165) is 6.07 Å². The molecule has 0 spiro atoms. The Hall–Kier alpha value is -0.710. The molecule has 0 heterocycles. The van der Waals surface area contributed by atoms with E-state index in [9.17, 15) is 17.6 Å². The zero-order valence-corrected chi connectivity index (χ0v) is 8.18. The number of benzene rings is 1. The minimum atomic E-state index is -4.44. The molecule has 0 aliphatic heterocycles. The van der Waals surface area contributed by atoms with E-state index < -0.39 is 23.1 Å². The molecule has 0 nitrogen and oxygen atoms in total. The summed E-state index contributed by atoms with van der Waals surface area (Å²) in [5, 5.41) is 0. The fraction of sp³-hybridized carbons (Fsp3) is 0.333. The summed E-state index contributed by atoms with van der Waals surface area (Å²) in [7, 11) is 0. The summed E-state index contributed by atoms with van der Waals surface area (Å²) in [6.45, 7) is 1.69. The lowest BCUT2D eigenvalue weighted by Gasteiger charge is -2.10. The fourth-order valence-corrected chi connectivity index (χ4v) is 1.80. The van der Waals surface area contributed by atoms with Crippen LogP contribution < -0.4 is 0 Å². The van der Waals surface area contributed by atoms with Crippen LogP contribution in [0.1, 0.15) is 12.5 Å².